The molecule has 0 aromatic rings. The summed E-state index contributed by atoms with van der Waals surface area (Å²) in [7, 11) is -4.64. The van der Waals surface area contributed by atoms with E-state index in [9.17, 15) is 0 Å². The number of hydrogen-bond donors (Lipinski definition) is 0. The first-order chi connectivity index (χ1) is 8.83. The minimum absolute atomic E-state index is 1.07. The van der Waals surface area contributed by atoms with Gasteiger partial charge in [0.15, 0.2) is 0 Å². The van der Waals surface area contributed by atoms with E-state index in [1.165, 1.54) is 14.6 Å². The standard InChI is InChI=1S/C15H42GeOSi4/c1-18(2,3)13-16(14-19(4,5)6,15-20(7,8)9)17-21(10,11)12/h13-15H2,1-12H3. The van der Waals surface area contributed by atoms with Crippen LogP contribution in [0.15, 0.2) is 0 Å². The molecule has 128 valence electrons. The topological polar surface area (TPSA) is 9.23 Å². The van der Waals surface area contributed by atoms with Crippen LogP contribution in [0.25, 0.3) is 0 Å². The van der Waals surface area contributed by atoms with Gasteiger partial charge in [0.25, 0.3) is 0 Å². The van der Waals surface area contributed by atoms with Crippen LogP contribution >= 0.6 is 0 Å². The van der Waals surface area contributed by atoms with E-state index >= 15 is 0 Å². The molecule has 0 atom stereocenters. The van der Waals surface area contributed by atoms with Crippen molar-refractivity contribution in [2.24, 2.45) is 0 Å². The molecule has 1 nitrogen and oxygen atoms in total. The van der Waals surface area contributed by atoms with Crippen LogP contribution in [0, 0.1) is 0 Å². The molecule has 6 heteroatoms. The van der Waals surface area contributed by atoms with Crippen LogP contribution in [-0.2, 0) is 3.45 Å². The van der Waals surface area contributed by atoms with E-state index in [2.05, 4.69) is 78.6 Å². The molecule has 0 rings (SSSR count). The van der Waals surface area contributed by atoms with Crippen molar-refractivity contribution in [2.75, 3.05) is 0 Å². The van der Waals surface area contributed by atoms with Gasteiger partial charge in [0.05, 0.1) is 0 Å². The normalized spacial score (nSPS) is 15.4. The van der Waals surface area contributed by atoms with Crippen molar-refractivity contribution in [3.63, 3.8) is 0 Å². The second-order valence-corrected chi connectivity index (χ2v) is 45.4. The Bertz CT molecular complexity index is 262. The van der Waals surface area contributed by atoms with Gasteiger partial charge in [-0.15, -0.1) is 0 Å². The fourth-order valence-electron chi connectivity index (χ4n) is 3.84. The van der Waals surface area contributed by atoms with Gasteiger partial charge >= 0.3 is 143 Å². The zero-order valence-corrected chi connectivity index (χ0v) is 23.1. The molecule has 0 unspecified atom stereocenters. The predicted octanol–water partition coefficient (Wildman–Crippen LogP) is 6.42. The first-order valence-electron chi connectivity index (χ1n) is 8.53. The number of hydrogen-bond acceptors (Lipinski definition) is 1. The molecule has 0 aliphatic heterocycles. The summed E-state index contributed by atoms with van der Waals surface area (Å²) in [6, 6.07) is 0. The van der Waals surface area contributed by atoms with Crippen molar-refractivity contribution in [1.29, 1.82) is 0 Å². The zero-order chi connectivity index (χ0) is 17.3. The van der Waals surface area contributed by atoms with E-state index in [1.807, 2.05) is 0 Å². The van der Waals surface area contributed by atoms with Crippen molar-refractivity contribution in [2.45, 2.75) is 93.2 Å². The molecule has 0 spiro atoms. The molecule has 0 aromatic carbocycles. The molecule has 0 aliphatic rings. The molecule has 21 heavy (non-hydrogen) atoms. The molecular formula is C15H42GeOSi4. The summed E-state index contributed by atoms with van der Waals surface area (Å²) in [6.45, 7) is 30.3. The second-order valence-electron chi connectivity index (χ2n) is 11.6. The molecule has 0 saturated carbocycles. The van der Waals surface area contributed by atoms with Crippen molar-refractivity contribution >= 4 is 46.1 Å². The Morgan fingerprint density at radius 1 is 0.524 bits per heavy atom. The van der Waals surface area contributed by atoms with Crippen molar-refractivity contribution in [3.8, 4) is 0 Å². The Morgan fingerprint density at radius 3 is 0.905 bits per heavy atom. The van der Waals surface area contributed by atoms with Gasteiger partial charge in [0.2, 0.25) is 0 Å². The van der Waals surface area contributed by atoms with E-state index in [4.69, 9.17) is 3.45 Å². The third-order valence-electron chi connectivity index (χ3n) is 3.08. The van der Waals surface area contributed by atoms with Crippen LogP contribution in [0.1, 0.15) is 0 Å². The quantitative estimate of drug-likeness (QED) is 0.410. The van der Waals surface area contributed by atoms with Gasteiger partial charge in [-0.05, 0) is 0 Å². The SMILES string of the molecule is C[Si](C)(C)[CH2][Ge]([CH2][Si](C)(C)C)([CH2][Si](C)(C)C)[O][Si](C)(C)C. The van der Waals surface area contributed by atoms with Crippen LogP contribution in [-0.4, -0.2) is 46.1 Å². The van der Waals surface area contributed by atoms with Crippen LogP contribution in [0.5, 0.6) is 0 Å². The van der Waals surface area contributed by atoms with E-state index in [-0.39, 0.29) is 0 Å². The summed E-state index contributed by atoms with van der Waals surface area (Å²) in [4.78, 5) is 4.60. The van der Waals surface area contributed by atoms with Gasteiger partial charge in [-0.1, -0.05) is 0 Å². The van der Waals surface area contributed by atoms with Crippen LogP contribution in [0.2, 0.25) is 93.2 Å². The van der Waals surface area contributed by atoms with Crippen LogP contribution in [0.4, 0.5) is 0 Å². The summed E-state index contributed by atoms with van der Waals surface area (Å²) in [5, 5.41) is 0. The van der Waals surface area contributed by atoms with Crippen molar-refractivity contribution < 1.29 is 3.45 Å². The first kappa shape index (κ1) is 22.4. The Balaban J connectivity index is 5.70. The third kappa shape index (κ3) is 12.5. The third-order valence-corrected chi connectivity index (χ3v) is 48.0. The molecule has 0 fully saturated rings. The Hall–Kier alpha value is 1.37. The molecule has 0 bridgehead atoms. The van der Waals surface area contributed by atoms with Gasteiger partial charge in [-0.3, -0.25) is 0 Å². The first-order valence-corrected chi connectivity index (χ1v) is 28.4. The Labute approximate surface area is 142 Å². The van der Waals surface area contributed by atoms with Crippen molar-refractivity contribution in [1.82, 2.24) is 0 Å². The van der Waals surface area contributed by atoms with E-state index < -0.39 is 46.1 Å². The number of rotatable bonds is 8. The van der Waals surface area contributed by atoms with E-state index in [0.717, 1.165) is 0 Å². The molecule has 0 N–H and O–H groups in total. The summed E-state index contributed by atoms with van der Waals surface area (Å²) < 4.78 is 7.18. The Morgan fingerprint density at radius 2 is 0.762 bits per heavy atom. The average Bonchev–Trinajstić information content (AvgIpc) is 1.83. The maximum absolute atomic E-state index is 7.18. The average molecular weight is 423 g/mol. The van der Waals surface area contributed by atoms with Crippen LogP contribution in [0.3, 0.4) is 0 Å². The molecule has 0 aliphatic carbocycles. The fraction of sp³-hybridized carbons (Fsp3) is 1.00. The fourth-order valence-corrected chi connectivity index (χ4v) is 69.2. The summed E-state index contributed by atoms with van der Waals surface area (Å²) >= 11 is -2.21. The van der Waals surface area contributed by atoms with Gasteiger partial charge in [0.1, 0.15) is 0 Å². The van der Waals surface area contributed by atoms with Crippen LogP contribution < -0.4 is 0 Å². The van der Waals surface area contributed by atoms with Gasteiger partial charge in [-0.2, -0.15) is 0 Å². The van der Waals surface area contributed by atoms with E-state index in [1.54, 1.807) is 0 Å². The predicted molar refractivity (Wildman–Crippen MR) is 115 cm³/mol. The molecular weight excluding hydrogens is 381 g/mol. The molecule has 0 saturated heterocycles. The second kappa shape index (κ2) is 7.09. The Kier molecular flexibility index (Phi) is 7.55. The van der Waals surface area contributed by atoms with E-state index in [0.29, 0.717) is 0 Å². The van der Waals surface area contributed by atoms with Gasteiger partial charge in [0, 0.05) is 0 Å². The minimum atomic E-state index is -2.21. The maximum atomic E-state index is 7.18. The monoisotopic (exact) mass is 424 g/mol. The molecule has 0 amide bonds. The molecule has 0 radical (unpaired) electrons. The summed E-state index contributed by atoms with van der Waals surface area (Å²) in [5.41, 5.74) is 0. The van der Waals surface area contributed by atoms with Gasteiger partial charge < -0.3 is 0 Å². The molecule has 0 aromatic heterocycles. The summed E-state index contributed by atoms with van der Waals surface area (Å²) in [5.74, 6) is 0. The van der Waals surface area contributed by atoms with Crippen molar-refractivity contribution in [3.05, 3.63) is 0 Å². The zero-order valence-electron chi connectivity index (χ0n) is 17.0. The van der Waals surface area contributed by atoms with Gasteiger partial charge in [-0.25, -0.2) is 0 Å². The molecule has 0 heterocycles. The summed E-state index contributed by atoms with van der Waals surface area (Å²) in [6.07, 6.45) is 0.